The van der Waals surface area contributed by atoms with Crippen LogP contribution >= 0.6 is 11.8 Å². The van der Waals surface area contributed by atoms with E-state index in [1.54, 1.807) is 48.0 Å². The van der Waals surface area contributed by atoms with Crippen molar-refractivity contribution in [3.05, 3.63) is 95.6 Å². The van der Waals surface area contributed by atoms with E-state index in [0.717, 1.165) is 17.0 Å². The predicted octanol–water partition coefficient (Wildman–Crippen LogP) is 4.70. The highest BCUT2D eigenvalue weighted by Crippen LogP contribution is 2.42. The van der Waals surface area contributed by atoms with Crippen molar-refractivity contribution < 1.29 is 14.3 Å². The zero-order valence-electron chi connectivity index (χ0n) is 15.4. The van der Waals surface area contributed by atoms with Crippen molar-refractivity contribution in [1.82, 2.24) is 0 Å². The zero-order chi connectivity index (χ0) is 19.5. The van der Waals surface area contributed by atoms with Crippen LogP contribution in [0, 0.1) is 0 Å². The minimum absolute atomic E-state index is 0.0269. The molecule has 0 saturated carbocycles. The number of amides is 1. The highest BCUT2D eigenvalue weighted by atomic mass is 32.2. The van der Waals surface area contributed by atoms with Crippen LogP contribution < -0.4 is 9.64 Å². The first-order valence-corrected chi connectivity index (χ1v) is 9.99. The largest absolute Gasteiger partial charge is 0.497 e. The Morgan fingerprint density at radius 1 is 0.929 bits per heavy atom. The smallest absolute Gasteiger partial charge is 0.238 e. The Hall–Kier alpha value is -3.05. The Morgan fingerprint density at radius 3 is 2.21 bits per heavy atom. The number of ketones is 1. The highest BCUT2D eigenvalue weighted by molar-refractivity contribution is 8.00. The molecule has 28 heavy (non-hydrogen) atoms. The van der Waals surface area contributed by atoms with E-state index in [9.17, 15) is 9.59 Å². The summed E-state index contributed by atoms with van der Waals surface area (Å²) in [5.74, 6) is 1.25. The lowest BCUT2D eigenvalue weighted by molar-refractivity contribution is -0.115. The molecular weight excluding hydrogens is 370 g/mol. The number of nitrogens with zero attached hydrogens (tertiary/aromatic N) is 1. The third-order valence-corrected chi connectivity index (χ3v) is 5.92. The van der Waals surface area contributed by atoms with E-state index in [-0.39, 0.29) is 17.1 Å². The van der Waals surface area contributed by atoms with Crippen molar-refractivity contribution in [2.24, 2.45) is 0 Å². The van der Waals surface area contributed by atoms with Crippen molar-refractivity contribution in [1.29, 1.82) is 0 Å². The van der Waals surface area contributed by atoms with Crippen molar-refractivity contribution in [2.45, 2.75) is 5.37 Å². The fourth-order valence-corrected chi connectivity index (χ4v) is 4.43. The quantitative estimate of drug-likeness (QED) is 0.593. The second-order valence-corrected chi connectivity index (χ2v) is 7.51. The molecule has 4 nitrogen and oxygen atoms in total. The standard InChI is InChI=1S/C23H19NO3S/c1-27-20-13-9-18(10-14-20)23-24(21(25)15-28-23)19-11-7-17(8-12-19)22(26)16-5-3-2-4-6-16/h2-14,23H,15H2,1H3. The number of benzene rings is 3. The lowest BCUT2D eigenvalue weighted by Crippen LogP contribution is -2.27. The lowest BCUT2D eigenvalue weighted by Gasteiger charge is -2.24. The van der Waals surface area contributed by atoms with Crippen molar-refractivity contribution in [2.75, 3.05) is 17.8 Å². The third-order valence-electron chi connectivity index (χ3n) is 4.71. The Kier molecular flexibility index (Phi) is 5.17. The summed E-state index contributed by atoms with van der Waals surface area (Å²) in [6.45, 7) is 0. The van der Waals surface area contributed by atoms with E-state index in [1.807, 2.05) is 54.6 Å². The molecule has 4 rings (SSSR count). The summed E-state index contributed by atoms with van der Waals surface area (Å²) < 4.78 is 5.22. The normalized spacial score (nSPS) is 16.2. The molecule has 1 unspecified atom stereocenters. The number of carbonyl (C=O) groups is 2. The number of anilines is 1. The topological polar surface area (TPSA) is 46.6 Å². The van der Waals surface area contributed by atoms with Gasteiger partial charge in [-0.2, -0.15) is 0 Å². The second-order valence-electron chi connectivity index (χ2n) is 6.44. The molecule has 0 spiro atoms. The van der Waals surface area contributed by atoms with E-state index in [0.29, 0.717) is 16.9 Å². The van der Waals surface area contributed by atoms with Crippen LogP contribution in [0.5, 0.6) is 5.75 Å². The van der Waals surface area contributed by atoms with Gasteiger partial charge < -0.3 is 4.74 Å². The molecule has 1 amide bonds. The molecule has 1 aliphatic rings. The van der Waals surface area contributed by atoms with Crippen LogP contribution in [0.15, 0.2) is 78.9 Å². The molecule has 140 valence electrons. The van der Waals surface area contributed by atoms with Gasteiger partial charge in [0.1, 0.15) is 11.1 Å². The van der Waals surface area contributed by atoms with Gasteiger partial charge >= 0.3 is 0 Å². The van der Waals surface area contributed by atoms with Crippen LogP contribution in [0.1, 0.15) is 26.9 Å². The van der Waals surface area contributed by atoms with E-state index in [4.69, 9.17) is 4.74 Å². The van der Waals surface area contributed by atoms with Gasteiger partial charge in [0.25, 0.3) is 0 Å². The van der Waals surface area contributed by atoms with Gasteiger partial charge in [-0.1, -0.05) is 42.5 Å². The maximum atomic E-state index is 12.6. The summed E-state index contributed by atoms with van der Waals surface area (Å²) in [4.78, 5) is 26.9. The molecule has 3 aromatic rings. The molecule has 0 radical (unpaired) electrons. The summed E-state index contributed by atoms with van der Waals surface area (Å²) in [6, 6.07) is 24.2. The SMILES string of the molecule is COc1ccc(C2SCC(=O)N2c2ccc(C(=O)c3ccccc3)cc2)cc1. The van der Waals surface area contributed by atoms with Gasteiger partial charge in [0.05, 0.1) is 12.9 Å². The summed E-state index contributed by atoms with van der Waals surface area (Å²) in [6.07, 6.45) is 0. The molecule has 1 fully saturated rings. The Balaban J connectivity index is 1.59. The number of hydrogen-bond donors (Lipinski definition) is 0. The van der Waals surface area contributed by atoms with Gasteiger partial charge in [0.15, 0.2) is 5.78 Å². The third kappa shape index (κ3) is 3.53. The number of rotatable bonds is 5. The van der Waals surface area contributed by atoms with Crippen molar-refractivity contribution in [3.63, 3.8) is 0 Å². The average molecular weight is 389 g/mol. The molecule has 0 bridgehead atoms. The number of thioether (sulfide) groups is 1. The van der Waals surface area contributed by atoms with Crippen molar-refractivity contribution >= 4 is 29.1 Å². The van der Waals surface area contributed by atoms with Crippen LogP contribution in [-0.2, 0) is 4.79 Å². The predicted molar refractivity (Wildman–Crippen MR) is 112 cm³/mol. The van der Waals surface area contributed by atoms with Crippen LogP contribution in [0.25, 0.3) is 0 Å². The summed E-state index contributed by atoms with van der Waals surface area (Å²) in [5.41, 5.74) is 3.09. The maximum absolute atomic E-state index is 12.6. The Bertz CT molecular complexity index is 985. The highest BCUT2D eigenvalue weighted by Gasteiger charge is 2.34. The lowest BCUT2D eigenvalue weighted by atomic mass is 10.0. The van der Waals surface area contributed by atoms with E-state index in [1.165, 1.54) is 0 Å². The van der Waals surface area contributed by atoms with Crippen LogP contribution in [0.4, 0.5) is 5.69 Å². The van der Waals surface area contributed by atoms with E-state index in [2.05, 4.69) is 0 Å². The number of methoxy groups -OCH3 is 1. The zero-order valence-corrected chi connectivity index (χ0v) is 16.2. The van der Waals surface area contributed by atoms with Gasteiger partial charge in [-0.3, -0.25) is 14.5 Å². The first-order chi connectivity index (χ1) is 13.7. The minimum Gasteiger partial charge on any atom is -0.497 e. The minimum atomic E-state index is -0.0888. The number of carbonyl (C=O) groups excluding carboxylic acids is 2. The van der Waals surface area contributed by atoms with Crippen molar-refractivity contribution in [3.8, 4) is 5.75 Å². The van der Waals surface area contributed by atoms with Gasteiger partial charge in [-0.05, 0) is 42.0 Å². The number of ether oxygens (including phenoxy) is 1. The van der Waals surface area contributed by atoms with Gasteiger partial charge in [0, 0.05) is 16.8 Å². The van der Waals surface area contributed by atoms with Gasteiger partial charge in [-0.15, -0.1) is 11.8 Å². The number of hydrogen-bond acceptors (Lipinski definition) is 4. The fourth-order valence-electron chi connectivity index (χ4n) is 3.25. The molecule has 0 N–H and O–H groups in total. The second kappa shape index (κ2) is 7.90. The van der Waals surface area contributed by atoms with E-state index < -0.39 is 0 Å². The molecule has 3 aromatic carbocycles. The molecule has 0 aromatic heterocycles. The first kappa shape index (κ1) is 18.3. The monoisotopic (exact) mass is 389 g/mol. The summed E-state index contributed by atoms with van der Waals surface area (Å²) in [5, 5.41) is -0.0888. The molecule has 1 saturated heterocycles. The van der Waals surface area contributed by atoms with Gasteiger partial charge in [0.2, 0.25) is 5.91 Å². The van der Waals surface area contributed by atoms with Crippen LogP contribution in [-0.4, -0.2) is 24.6 Å². The summed E-state index contributed by atoms with van der Waals surface area (Å²) >= 11 is 1.60. The molecule has 5 heteroatoms. The summed E-state index contributed by atoms with van der Waals surface area (Å²) in [7, 11) is 1.63. The maximum Gasteiger partial charge on any atom is 0.238 e. The van der Waals surface area contributed by atoms with Crippen LogP contribution in [0.3, 0.4) is 0 Å². The van der Waals surface area contributed by atoms with Gasteiger partial charge in [-0.25, -0.2) is 0 Å². The fraction of sp³-hybridized carbons (Fsp3) is 0.130. The van der Waals surface area contributed by atoms with Crippen LogP contribution in [0.2, 0.25) is 0 Å². The Labute approximate surface area is 168 Å². The molecule has 1 atom stereocenters. The molecule has 1 aliphatic heterocycles. The van der Waals surface area contributed by atoms with E-state index >= 15 is 0 Å². The molecular formula is C23H19NO3S. The Morgan fingerprint density at radius 2 is 1.57 bits per heavy atom. The first-order valence-electron chi connectivity index (χ1n) is 8.95. The molecule has 0 aliphatic carbocycles. The average Bonchev–Trinajstić information content (AvgIpc) is 3.15. The molecule has 1 heterocycles.